The Bertz CT molecular complexity index is 995. The van der Waals surface area contributed by atoms with Gasteiger partial charge in [0.15, 0.2) is 11.4 Å². The molecule has 0 unspecified atom stereocenters. The minimum absolute atomic E-state index is 0.144. The van der Waals surface area contributed by atoms with Gasteiger partial charge in [0, 0.05) is 6.08 Å². The number of aromatic nitrogens is 4. The second-order valence-electron chi connectivity index (χ2n) is 5.55. The third-order valence-electron chi connectivity index (χ3n) is 3.78. The molecule has 0 fully saturated rings. The molecule has 0 saturated carbocycles. The number of hydrogen-bond donors (Lipinski definition) is 0. The van der Waals surface area contributed by atoms with Crippen LogP contribution in [0, 0.1) is 0 Å². The van der Waals surface area contributed by atoms with E-state index in [2.05, 4.69) is 19.7 Å². The molecule has 0 aliphatic carbocycles. The molecule has 8 nitrogen and oxygen atoms in total. The Morgan fingerprint density at radius 3 is 2.63 bits per heavy atom. The Hall–Kier alpha value is -3.55. The highest BCUT2D eigenvalue weighted by Crippen LogP contribution is 2.22. The molecule has 0 spiro atoms. The third-order valence-corrected chi connectivity index (χ3v) is 3.78. The summed E-state index contributed by atoms with van der Waals surface area (Å²) in [5, 5.41) is 0. The molecule has 2 aromatic heterocycles. The Kier molecular flexibility index (Phi) is 5.55. The first-order valence-electron chi connectivity index (χ1n) is 8.31. The number of carbonyl (C=O) groups excluding carboxylic acids is 2. The van der Waals surface area contributed by atoms with Gasteiger partial charge >= 0.3 is 5.97 Å². The zero-order chi connectivity index (χ0) is 19.2. The van der Waals surface area contributed by atoms with E-state index in [-0.39, 0.29) is 12.4 Å². The lowest BCUT2D eigenvalue weighted by atomic mass is 10.2. The number of hydrogen-bond acceptors (Lipinski definition) is 7. The molecule has 3 aromatic rings. The van der Waals surface area contributed by atoms with Gasteiger partial charge in [-0.3, -0.25) is 4.79 Å². The van der Waals surface area contributed by atoms with E-state index in [0.717, 1.165) is 18.7 Å². The number of carbonyl (C=O) groups is 2. The van der Waals surface area contributed by atoms with Crippen molar-refractivity contribution < 1.29 is 19.1 Å². The first-order chi connectivity index (χ1) is 13.1. The number of ether oxygens (including phenoxy) is 2. The van der Waals surface area contributed by atoms with E-state index in [0.29, 0.717) is 23.4 Å². The average molecular weight is 366 g/mol. The highest BCUT2D eigenvalue weighted by molar-refractivity contribution is 6.39. The molecule has 0 radical (unpaired) electrons. The minimum atomic E-state index is -0.980. The monoisotopic (exact) mass is 366 g/mol. The smallest absolute Gasteiger partial charge is 0.378 e. The highest BCUT2D eigenvalue weighted by Gasteiger charge is 2.19. The third kappa shape index (κ3) is 4.00. The van der Waals surface area contributed by atoms with Crippen molar-refractivity contribution >= 4 is 28.7 Å². The maximum Gasteiger partial charge on any atom is 0.378 e. The molecule has 0 bridgehead atoms. The van der Waals surface area contributed by atoms with E-state index in [4.69, 9.17) is 4.74 Å². The first-order valence-corrected chi connectivity index (χ1v) is 8.31. The molecule has 0 N–H and O–H groups in total. The zero-order valence-electron chi connectivity index (χ0n) is 15.0. The van der Waals surface area contributed by atoms with Crippen molar-refractivity contribution in [2.45, 2.75) is 13.5 Å². The van der Waals surface area contributed by atoms with E-state index in [1.165, 1.54) is 6.33 Å². The van der Waals surface area contributed by atoms with Gasteiger partial charge in [0.05, 0.1) is 26.6 Å². The van der Waals surface area contributed by atoms with Crippen molar-refractivity contribution in [1.29, 1.82) is 0 Å². The van der Waals surface area contributed by atoms with Gasteiger partial charge in [-0.05, 0) is 12.5 Å². The summed E-state index contributed by atoms with van der Waals surface area (Å²) in [6, 6.07) is 9.89. The van der Waals surface area contributed by atoms with Crippen LogP contribution in [-0.2, 0) is 25.6 Å². The fraction of sp³-hybridized carbons (Fsp3) is 0.211. The predicted octanol–water partition coefficient (Wildman–Crippen LogP) is 1.99. The van der Waals surface area contributed by atoms with Crippen LogP contribution >= 0.6 is 0 Å². The van der Waals surface area contributed by atoms with Crippen LogP contribution in [0.15, 0.2) is 49.1 Å². The summed E-state index contributed by atoms with van der Waals surface area (Å²) in [5.74, 6) is -1.67. The predicted molar refractivity (Wildman–Crippen MR) is 97.5 cm³/mol. The largest absolute Gasteiger partial charge is 0.491 e. The fourth-order valence-electron chi connectivity index (χ4n) is 2.57. The molecule has 8 heteroatoms. The van der Waals surface area contributed by atoms with Gasteiger partial charge in [0.2, 0.25) is 0 Å². The molecule has 0 aliphatic heterocycles. The van der Waals surface area contributed by atoms with Crippen LogP contribution in [0.3, 0.4) is 0 Å². The Morgan fingerprint density at radius 2 is 1.93 bits per heavy atom. The Labute approximate surface area is 155 Å². The van der Waals surface area contributed by atoms with Crippen LogP contribution < -0.4 is 0 Å². The summed E-state index contributed by atoms with van der Waals surface area (Å²) in [5.41, 5.74) is 2.51. The van der Waals surface area contributed by atoms with Gasteiger partial charge in [-0.25, -0.2) is 19.7 Å². The van der Waals surface area contributed by atoms with Crippen LogP contribution in [0.1, 0.15) is 18.2 Å². The fourth-order valence-corrected chi connectivity index (χ4v) is 2.57. The Balaban J connectivity index is 2.02. The maximum atomic E-state index is 11.9. The number of ketones is 1. The van der Waals surface area contributed by atoms with E-state index in [9.17, 15) is 9.59 Å². The molecule has 138 valence electrons. The zero-order valence-corrected chi connectivity index (χ0v) is 15.0. The van der Waals surface area contributed by atoms with Gasteiger partial charge in [0.1, 0.15) is 17.5 Å². The van der Waals surface area contributed by atoms with Crippen LogP contribution in [0.4, 0.5) is 0 Å². The van der Waals surface area contributed by atoms with Crippen molar-refractivity contribution in [3.63, 3.8) is 0 Å². The van der Waals surface area contributed by atoms with Gasteiger partial charge in [-0.1, -0.05) is 30.3 Å². The normalized spacial score (nSPS) is 11.4. The van der Waals surface area contributed by atoms with E-state index in [1.54, 1.807) is 13.3 Å². The standard InChI is InChI=1S/C19H18N4O4/c1-3-27-15(9-14(24)19(25)26-2)16-17-18(21-11-20-16)23(12-22-17)10-13-7-5-4-6-8-13/h4-9,11-12H,3,10H2,1-2H3/b15-9-. The molecule has 1 aromatic carbocycles. The number of nitrogens with zero attached hydrogens (tertiary/aromatic N) is 4. The molecule has 27 heavy (non-hydrogen) atoms. The lowest BCUT2D eigenvalue weighted by Crippen LogP contribution is -2.14. The van der Waals surface area contributed by atoms with Crippen LogP contribution in [0.2, 0.25) is 0 Å². The van der Waals surface area contributed by atoms with Crippen molar-refractivity contribution in [3.8, 4) is 0 Å². The summed E-state index contributed by atoms with van der Waals surface area (Å²) in [7, 11) is 1.14. The molecule has 0 atom stereocenters. The number of rotatable bonds is 7. The molecule has 0 saturated heterocycles. The summed E-state index contributed by atoms with van der Waals surface area (Å²) in [4.78, 5) is 36.2. The summed E-state index contributed by atoms with van der Waals surface area (Å²) in [6.07, 6.45) is 4.09. The molecular formula is C19H18N4O4. The van der Waals surface area contributed by atoms with Crippen LogP contribution in [0.25, 0.3) is 16.9 Å². The van der Waals surface area contributed by atoms with Crippen molar-refractivity contribution in [3.05, 3.63) is 60.3 Å². The maximum absolute atomic E-state index is 11.9. The van der Waals surface area contributed by atoms with Crippen LogP contribution in [0.5, 0.6) is 0 Å². The van der Waals surface area contributed by atoms with Crippen molar-refractivity contribution in [2.24, 2.45) is 0 Å². The minimum Gasteiger partial charge on any atom is -0.491 e. The summed E-state index contributed by atoms with van der Waals surface area (Å²) >= 11 is 0. The SMILES string of the molecule is CCO/C(=C\C(=O)C(=O)OC)c1ncnc2c1ncn2Cc1ccccc1. The van der Waals surface area contributed by atoms with Crippen molar-refractivity contribution in [2.75, 3.05) is 13.7 Å². The first kappa shape index (κ1) is 18.2. The van der Waals surface area contributed by atoms with Gasteiger partial charge in [-0.2, -0.15) is 0 Å². The lowest BCUT2D eigenvalue weighted by molar-refractivity contribution is -0.149. The quantitative estimate of drug-likeness (QED) is 0.273. The molecule has 0 amide bonds. The molecule has 2 heterocycles. The molecular weight excluding hydrogens is 348 g/mol. The number of esters is 1. The van der Waals surface area contributed by atoms with Crippen LogP contribution in [-0.4, -0.2) is 45.0 Å². The van der Waals surface area contributed by atoms with E-state index < -0.39 is 11.8 Å². The second kappa shape index (κ2) is 8.22. The lowest BCUT2D eigenvalue weighted by Gasteiger charge is -2.08. The van der Waals surface area contributed by atoms with Gasteiger partial charge in [0.25, 0.3) is 5.78 Å². The summed E-state index contributed by atoms with van der Waals surface area (Å²) in [6.45, 7) is 2.64. The highest BCUT2D eigenvalue weighted by atomic mass is 16.5. The number of benzene rings is 1. The summed E-state index contributed by atoms with van der Waals surface area (Å²) < 4.78 is 11.8. The second-order valence-corrected chi connectivity index (χ2v) is 5.55. The topological polar surface area (TPSA) is 96.2 Å². The molecule has 3 rings (SSSR count). The number of methoxy groups -OCH3 is 1. The van der Waals surface area contributed by atoms with Gasteiger partial charge < -0.3 is 14.0 Å². The number of fused-ring (bicyclic) bond motifs is 1. The van der Waals surface area contributed by atoms with E-state index >= 15 is 0 Å². The van der Waals surface area contributed by atoms with Gasteiger partial charge in [-0.15, -0.1) is 0 Å². The number of imidazole rings is 1. The Morgan fingerprint density at radius 1 is 1.15 bits per heavy atom. The van der Waals surface area contributed by atoms with E-state index in [1.807, 2.05) is 34.9 Å². The average Bonchev–Trinajstić information content (AvgIpc) is 3.10. The molecule has 0 aliphatic rings. The van der Waals surface area contributed by atoms with Crippen molar-refractivity contribution in [1.82, 2.24) is 19.5 Å².